The molecule has 1 amide bonds. The normalized spacial score (nSPS) is 20.3. The lowest BCUT2D eigenvalue weighted by atomic mass is 9.93. The molecule has 0 spiro atoms. The second-order valence-electron chi connectivity index (χ2n) is 8.74. The maximum absolute atomic E-state index is 13.5. The quantitative estimate of drug-likeness (QED) is 0.688. The molecule has 1 aliphatic carbocycles. The summed E-state index contributed by atoms with van der Waals surface area (Å²) in [6.45, 7) is 1.35. The molecule has 6 heteroatoms. The minimum absolute atomic E-state index is 0.0382. The van der Waals surface area contributed by atoms with Gasteiger partial charge < -0.3 is 20.3 Å². The minimum Gasteiger partial charge on any atom is -0.493 e. The van der Waals surface area contributed by atoms with Crippen molar-refractivity contribution in [3.8, 4) is 5.75 Å². The van der Waals surface area contributed by atoms with Crippen molar-refractivity contribution in [2.75, 3.05) is 25.5 Å². The Bertz CT molecular complexity index is 1310. The van der Waals surface area contributed by atoms with Crippen molar-refractivity contribution in [1.82, 2.24) is 15.2 Å². The van der Waals surface area contributed by atoms with Gasteiger partial charge in [-0.25, -0.2) is 4.98 Å². The van der Waals surface area contributed by atoms with Crippen molar-refractivity contribution < 1.29 is 9.53 Å². The van der Waals surface area contributed by atoms with Gasteiger partial charge in [-0.3, -0.25) is 4.79 Å². The Morgan fingerprint density at radius 2 is 2.18 bits per heavy atom. The first-order valence-corrected chi connectivity index (χ1v) is 11.7. The number of nitrogens with zero attached hydrogens (tertiary/aromatic N) is 2. The van der Waals surface area contributed by atoms with E-state index < -0.39 is 0 Å². The van der Waals surface area contributed by atoms with E-state index in [4.69, 9.17) is 4.74 Å². The van der Waals surface area contributed by atoms with E-state index in [-0.39, 0.29) is 11.9 Å². The highest BCUT2D eigenvalue weighted by Crippen LogP contribution is 2.41. The smallest absolute Gasteiger partial charge is 0.251 e. The van der Waals surface area contributed by atoms with Crippen LogP contribution in [0.4, 0.5) is 5.82 Å². The van der Waals surface area contributed by atoms with Crippen molar-refractivity contribution in [3.63, 3.8) is 0 Å². The van der Waals surface area contributed by atoms with Crippen molar-refractivity contribution in [2.24, 2.45) is 0 Å². The van der Waals surface area contributed by atoms with Gasteiger partial charge in [0.05, 0.1) is 24.0 Å². The zero-order chi connectivity index (χ0) is 23.1. The van der Waals surface area contributed by atoms with Gasteiger partial charge in [-0.05, 0) is 65.1 Å². The molecular formula is C28H26N4O2. The summed E-state index contributed by atoms with van der Waals surface area (Å²) in [4.78, 5) is 19.7. The lowest BCUT2D eigenvalue weighted by Gasteiger charge is -2.32. The minimum atomic E-state index is -0.0382. The van der Waals surface area contributed by atoms with Crippen LogP contribution in [0.1, 0.15) is 23.1 Å². The molecule has 0 fully saturated rings. The van der Waals surface area contributed by atoms with E-state index in [2.05, 4.69) is 52.1 Å². The summed E-state index contributed by atoms with van der Waals surface area (Å²) in [6, 6.07) is 10.3. The van der Waals surface area contributed by atoms with Crippen LogP contribution in [0.15, 0.2) is 83.8 Å². The fourth-order valence-electron chi connectivity index (χ4n) is 5.06. The van der Waals surface area contributed by atoms with E-state index in [1.165, 1.54) is 16.7 Å². The van der Waals surface area contributed by atoms with Crippen LogP contribution >= 0.6 is 0 Å². The van der Waals surface area contributed by atoms with E-state index in [1.54, 1.807) is 12.3 Å². The van der Waals surface area contributed by atoms with Gasteiger partial charge in [0.25, 0.3) is 5.91 Å². The van der Waals surface area contributed by atoms with Gasteiger partial charge in [-0.15, -0.1) is 0 Å². The molecule has 34 heavy (non-hydrogen) atoms. The number of fused-ring (bicyclic) bond motifs is 3. The SMILES string of the molecule is CNc1ccc(/C=C/C(=O)N2CCC3=C4C=CC=C[C@H]4NC3=C2c2ccc3c(c2)CCO3)cn1. The first kappa shape index (κ1) is 20.5. The summed E-state index contributed by atoms with van der Waals surface area (Å²) >= 11 is 0. The molecule has 0 bridgehead atoms. The Labute approximate surface area is 199 Å². The lowest BCUT2D eigenvalue weighted by molar-refractivity contribution is -0.123. The predicted octanol–water partition coefficient (Wildman–Crippen LogP) is 4.07. The molecule has 1 atom stereocenters. The first-order valence-electron chi connectivity index (χ1n) is 11.7. The van der Waals surface area contributed by atoms with Gasteiger partial charge in [0, 0.05) is 37.8 Å². The number of allylic oxidation sites excluding steroid dienone is 3. The van der Waals surface area contributed by atoms with Crippen molar-refractivity contribution in [1.29, 1.82) is 0 Å². The first-order chi connectivity index (χ1) is 16.7. The Kier molecular flexibility index (Phi) is 5.06. The van der Waals surface area contributed by atoms with Crippen LogP contribution < -0.4 is 15.4 Å². The predicted molar refractivity (Wildman–Crippen MR) is 134 cm³/mol. The molecule has 2 aromatic rings. The Hall–Kier alpha value is -4.06. The summed E-state index contributed by atoms with van der Waals surface area (Å²) < 4.78 is 5.72. The number of carbonyl (C=O) groups is 1. The number of ether oxygens (including phenoxy) is 1. The van der Waals surface area contributed by atoms with Crippen LogP contribution in [-0.2, 0) is 11.2 Å². The third-order valence-electron chi connectivity index (χ3n) is 6.76. The molecule has 3 aliphatic heterocycles. The Balaban J connectivity index is 1.39. The van der Waals surface area contributed by atoms with Crippen LogP contribution in [0.25, 0.3) is 11.8 Å². The van der Waals surface area contributed by atoms with Crippen molar-refractivity contribution in [2.45, 2.75) is 18.9 Å². The second-order valence-corrected chi connectivity index (χ2v) is 8.74. The fraction of sp³-hybridized carbons (Fsp3) is 0.214. The van der Waals surface area contributed by atoms with Crippen LogP contribution in [0.2, 0.25) is 0 Å². The molecule has 2 N–H and O–H groups in total. The van der Waals surface area contributed by atoms with E-state index in [0.717, 1.165) is 46.9 Å². The molecule has 0 unspecified atom stereocenters. The van der Waals surface area contributed by atoms with E-state index in [1.807, 2.05) is 36.2 Å². The van der Waals surface area contributed by atoms with Crippen LogP contribution in [-0.4, -0.2) is 42.0 Å². The summed E-state index contributed by atoms with van der Waals surface area (Å²) in [5.74, 6) is 1.70. The van der Waals surface area contributed by atoms with Crippen LogP contribution in [0.3, 0.4) is 0 Å². The Morgan fingerprint density at radius 1 is 1.24 bits per heavy atom. The Morgan fingerprint density at radius 3 is 3.03 bits per heavy atom. The van der Waals surface area contributed by atoms with Crippen molar-refractivity contribution in [3.05, 3.63) is 100 Å². The average molecular weight is 451 g/mol. The molecule has 0 saturated heterocycles. The summed E-state index contributed by atoms with van der Waals surface area (Å²) in [7, 11) is 1.83. The lowest BCUT2D eigenvalue weighted by Crippen LogP contribution is -2.35. The van der Waals surface area contributed by atoms with Crippen LogP contribution in [0, 0.1) is 0 Å². The fourth-order valence-corrected chi connectivity index (χ4v) is 5.06. The number of hydrogen-bond acceptors (Lipinski definition) is 5. The highest BCUT2D eigenvalue weighted by atomic mass is 16.5. The van der Waals surface area contributed by atoms with E-state index in [9.17, 15) is 4.79 Å². The number of benzene rings is 1. The van der Waals surface area contributed by atoms with Gasteiger partial charge in [0.15, 0.2) is 0 Å². The highest BCUT2D eigenvalue weighted by molar-refractivity contribution is 5.99. The number of pyridine rings is 1. The van der Waals surface area contributed by atoms with Crippen LogP contribution in [0.5, 0.6) is 5.75 Å². The maximum Gasteiger partial charge on any atom is 0.251 e. The third-order valence-corrected chi connectivity index (χ3v) is 6.76. The number of amides is 1. The monoisotopic (exact) mass is 450 g/mol. The zero-order valence-corrected chi connectivity index (χ0v) is 19.0. The standard InChI is InChI=1S/C28H26N4O2/c1-29-25-10-6-18(17-30-25)7-11-26(33)32-14-12-22-21-4-2-3-5-23(21)31-27(22)28(32)20-8-9-24-19(16-20)13-15-34-24/h2-11,16-17,23,31H,12-15H2,1H3,(H,29,30)/b11-7+/t23-/m1/s1. The summed E-state index contributed by atoms with van der Waals surface area (Å²) in [5.41, 5.74) is 7.73. The maximum atomic E-state index is 13.5. The van der Waals surface area contributed by atoms with Gasteiger partial charge in [-0.1, -0.05) is 24.3 Å². The molecule has 0 radical (unpaired) electrons. The largest absolute Gasteiger partial charge is 0.493 e. The zero-order valence-electron chi connectivity index (χ0n) is 19.0. The van der Waals surface area contributed by atoms with Gasteiger partial charge in [0.2, 0.25) is 0 Å². The molecule has 1 aromatic heterocycles. The molecule has 4 heterocycles. The summed E-state index contributed by atoms with van der Waals surface area (Å²) in [6.07, 6.45) is 15.5. The molecule has 6 nitrogen and oxygen atoms in total. The number of aromatic nitrogens is 1. The second kappa shape index (κ2) is 8.37. The number of rotatable bonds is 4. The number of hydrogen-bond donors (Lipinski definition) is 2. The topological polar surface area (TPSA) is 66.5 Å². The van der Waals surface area contributed by atoms with Gasteiger partial charge >= 0.3 is 0 Å². The van der Waals surface area contributed by atoms with E-state index >= 15 is 0 Å². The van der Waals surface area contributed by atoms with Crippen molar-refractivity contribution >= 4 is 23.5 Å². The average Bonchev–Trinajstić information content (AvgIpc) is 3.51. The number of anilines is 1. The van der Waals surface area contributed by atoms with E-state index in [0.29, 0.717) is 13.2 Å². The molecule has 6 rings (SSSR count). The van der Waals surface area contributed by atoms with Gasteiger partial charge in [0.1, 0.15) is 11.6 Å². The van der Waals surface area contributed by atoms with Gasteiger partial charge in [-0.2, -0.15) is 0 Å². The molecule has 1 aromatic carbocycles. The number of carbonyl (C=O) groups excluding carboxylic acids is 1. The third kappa shape index (κ3) is 3.52. The number of nitrogens with one attached hydrogen (secondary N) is 2. The highest BCUT2D eigenvalue weighted by Gasteiger charge is 2.36. The molecule has 170 valence electrons. The molecule has 4 aliphatic rings. The molecular weight excluding hydrogens is 424 g/mol. The molecule has 0 saturated carbocycles. The summed E-state index contributed by atoms with van der Waals surface area (Å²) in [5, 5.41) is 6.69.